The van der Waals surface area contributed by atoms with E-state index in [4.69, 9.17) is 0 Å². The molecule has 0 aliphatic carbocycles. The van der Waals surface area contributed by atoms with Crippen molar-refractivity contribution in [1.82, 2.24) is 0 Å². The summed E-state index contributed by atoms with van der Waals surface area (Å²) in [5, 5.41) is 4.92. The topological polar surface area (TPSA) is 6.48 Å². The van der Waals surface area contributed by atoms with Gasteiger partial charge >= 0.3 is 0 Å². The molecule has 9 rings (SSSR count). The molecule has 0 aliphatic heterocycles. The van der Waals surface area contributed by atoms with Crippen LogP contribution in [-0.2, 0) is 25.7 Å². The number of nitrogens with zero attached hydrogens (tertiary/aromatic N) is 2. The molecule has 2 heteroatoms. The summed E-state index contributed by atoms with van der Waals surface area (Å²) in [4.78, 5) is 4.92. The van der Waals surface area contributed by atoms with Gasteiger partial charge in [-0.1, -0.05) is 163 Å². The quantitative estimate of drug-likeness (QED) is 0.101. The van der Waals surface area contributed by atoms with Crippen LogP contribution in [-0.4, -0.2) is 0 Å². The van der Waals surface area contributed by atoms with E-state index in [9.17, 15) is 0 Å². The van der Waals surface area contributed by atoms with E-state index in [0.717, 1.165) is 37.1 Å². The molecule has 0 spiro atoms. The molecule has 0 bridgehead atoms. The van der Waals surface area contributed by atoms with Gasteiger partial charge in [-0.3, -0.25) is 0 Å². The summed E-state index contributed by atoms with van der Waals surface area (Å²) in [6.45, 7) is 13.7. The molecule has 0 saturated heterocycles. The number of hydrogen-bond donors (Lipinski definition) is 0. The Balaban J connectivity index is 1.34. The van der Waals surface area contributed by atoms with E-state index >= 15 is 0 Å². The van der Waals surface area contributed by atoms with Gasteiger partial charge in [0, 0.05) is 34.1 Å². The first-order valence-corrected chi connectivity index (χ1v) is 23.4. The van der Waals surface area contributed by atoms with Crippen molar-refractivity contribution in [3.05, 3.63) is 216 Å². The Hall–Kier alpha value is -6.90. The third-order valence-corrected chi connectivity index (χ3v) is 12.5. The second-order valence-corrected chi connectivity index (χ2v) is 18.2. The highest BCUT2D eigenvalue weighted by atomic mass is 15.1. The summed E-state index contributed by atoms with van der Waals surface area (Å²) in [6, 6.07) is 72.8. The number of benzene rings is 9. The summed E-state index contributed by atoms with van der Waals surface area (Å²) < 4.78 is 0. The molecular formula is C62H60N2. The molecule has 0 unspecified atom stereocenters. The molecule has 0 N–H and O–H groups in total. The molecule has 0 aromatic heterocycles. The number of hydrogen-bond acceptors (Lipinski definition) is 2. The third-order valence-electron chi connectivity index (χ3n) is 12.5. The number of fused-ring (bicyclic) bond motifs is 2. The van der Waals surface area contributed by atoms with E-state index in [1.807, 2.05) is 0 Å². The summed E-state index contributed by atoms with van der Waals surface area (Å²) in [5.41, 5.74) is 17.2. The van der Waals surface area contributed by atoms with Crippen LogP contribution in [0.15, 0.2) is 194 Å². The average molecular weight is 833 g/mol. The summed E-state index contributed by atoms with van der Waals surface area (Å²) >= 11 is 0. The second kappa shape index (κ2) is 18.8. The van der Waals surface area contributed by atoms with Crippen molar-refractivity contribution < 1.29 is 0 Å². The van der Waals surface area contributed by atoms with Crippen molar-refractivity contribution in [1.29, 1.82) is 0 Å². The fourth-order valence-electron chi connectivity index (χ4n) is 9.63. The zero-order valence-corrected chi connectivity index (χ0v) is 38.4. The summed E-state index contributed by atoms with van der Waals surface area (Å²) in [5.74, 6) is 1.13. The predicted molar refractivity (Wildman–Crippen MR) is 278 cm³/mol. The highest BCUT2D eigenvalue weighted by Gasteiger charge is 2.23. The Morgan fingerprint density at radius 3 is 0.984 bits per heavy atom. The predicted octanol–water partition coefficient (Wildman–Crippen LogP) is 17.8. The van der Waals surface area contributed by atoms with Crippen LogP contribution < -0.4 is 9.80 Å². The molecular weight excluding hydrogens is 773 g/mol. The summed E-state index contributed by atoms with van der Waals surface area (Å²) in [6.07, 6.45) is 4.02. The van der Waals surface area contributed by atoms with Crippen molar-refractivity contribution in [2.24, 2.45) is 11.8 Å². The Bertz CT molecular complexity index is 2830. The van der Waals surface area contributed by atoms with E-state index in [1.165, 1.54) is 88.8 Å². The SMILES string of the molecule is CCc1cccc(N(c2cccc(CC(C)C)c2)c2ccc3c(-c4ccccc4)c4cc(N(c5cccc(CC)c5)c5cccc(CC(C)C)c5)ccc4c(-c4ccccc4)c3c2)c1. The maximum absolute atomic E-state index is 2.46. The fourth-order valence-corrected chi connectivity index (χ4v) is 9.63. The molecule has 2 nitrogen and oxygen atoms in total. The lowest BCUT2D eigenvalue weighted by Crippen LogP contribution is -2.11. The number of rotatable bonds is 14. The Morgan fingerprint density at radius 1 is 0.312 bits per heavy atom. The lowest BCUT2D eigenvalue weighted by Gasteiger charge is -2.29. The van der Waals surface area contributed by atoms with Crippen LogP contribution in [0.25, 0.3) is 43.8 Å². The Labute approximate surface area is 381 Å². The van der Waals surface area contributed by atoms with Crippen LogP contribution in [0.4, 0.5) is 34.1 Å². The molecule has 0 radical (unpaired) electrons. The smallest absolute Gasteiger partial charge is 0.0468 e. The van der Waals surface area contributed by atoms with E-state index in [0.29, 0.717) is 11.8 Å². The van der Waals surface area contributed by atoms with Gasteiger partial charge in [-0.25, -0.2) is 0 Å². The number of anilines is 6. The minimum Gasteiger partial charge on any atom is -0.310 e. The molecule has 64 heavy (non-hydrogen) atoms. The van der Waals surface area contributed by atoms with Crippen LogP contribution in [0.1, 0.15) is 63.8 Å². The van der Waals surface area contributed by atoms with Crippen molar-refractivity contribution >= 4 is 55.7 Å². The highest BCUT2D eigenvalue weighted by Crippen LogP contribution is 2.48. The van der Waals surface area contributed by atoms with Gasteiger partial charge in [0.05, 0.1) is 0 Å². The first-order valence-electron chi connectivity index (χ1n) is 23.4. The first kappa shape index (κ1) is 42.4. The maximum atomic E-state index is 2.46. The molecule has 0 fully saturated rings. The van der Waals surface area contributed by atoms with Crippen molar-refractivity contribution in [3.8, 4) is 22.3 Å². The summed E-state index contributed by atoms with van der Waals surface area (Å²) in [7, 11) is 0. The van der Waals surface area contributed by atoms with Gasteiger partial charge in [-0.15, -0.1) is 0 Å². The lowest BCUT2D eigenvalue weighted by atomic mass is 9.85. The monoisotopic (exact) mass is 832 g/mol. The Kier molecular flexibility index (Phi) is 12.5. The van der Waals surface area contributed by atoms with Crippen molar-refractivity contribution in [3.63, 3.8) is 0 Å². The van der Waals surface area contributed by atoms with Crippen LogP contribution in [0.2, 0.25) is 0 Å². The highest BCUT2D eigenvalue weighted by molar-refractivity contribution is 6.22. The molecule has 9 aromatic rings. The molecule has 318 valence electrons. The van der Waals surface area contributed by atoms with Crippen molar-refractivity contribution in [2.75, 3.05) is 9.80 Å². The van der Waals surface area contributed by atoms with Crippen molar-refractivity contribution in [2.45, 2.75) is 67.2 Å². The average Bonchev–Trinajstić information content (AvgIpc) is 3.31. The molecule has 0 amide bonds. The molecule has 9 aromatic carbocycles. The Morgan fingerprint density at radius 2 is 0.641 bits per heavy atom. The van der Waals surface area contributed by atoms with Crippen LogP contribution in [0.3, 0.4) is 0 Å². The largest absolute Gasteiger partial charge is 0.310 e. The lowest BCUT2D eigenvalue weighted by molar-refractivity contribution is 0.647. The van der Waals surface area contributed by atoms with Gasteiger partial charge in [0.25, 0.3) is 0 Å². The normalized spacial score (nSPS) is 11.5. The standard InChI is InChI=1S/C62H60N2/c1-7-45-19-15-27-51(37-45)63(53-29-17-21-47(39-53)35-43(3)4)55-31-33-57-59(41-55)61(49-23-11-9-12-24-49)58-34-32-56(42-60(58)62(57)50-25-13-10-14-26-50)64(52-28-16-20-46(8-2)38-52)54-30-18-22-48(40-54)36-44(5)6/h9-34,37-44H,7-8,35-36H2,1-6H3. The van der Waals surface area contributed by atoms with Gasteiger partial charge in [0.2, 0.25) is 0 Å². The van der Waals surface area contributed by atoms with Crippen LogP contribution >= 0.6 is 0 Å². The van der Waals surface area contributed by atoms with E-state index in [1.54, 1.807) is 0 Å². The van der Waals surface area contributed by atoms with E-state index in [2.05, 4.69) is 245 Å². The van der Waals surface area contributed by atoms with Gasteiger partial charge in [0.15, 0.2) is 0 Å². The van der Waals surface area contributed by atoms with Crippen LogP contribution in [0.5, 0.6) is 0 Å². The first-order chi connectivity index (χ1) is 31.3. The second-order valence-electron chi connectivity index (χ2n) is 18.2. The molecule has 0 heterocycles. The third kappa shape index (κ3) is 8.84. The minimum absolute atomic E-state index is 0.565. The fraction of sp³-hybridized carbons (Fsp3) is 0.194. The van der Waals surface area contributed by atoms with Gasteiger partial charge < -0.3 is 9.80 Å². The maximum Gasteiger partial charge on any atom is 0.0468 e. The van der Waals surface area contributed by atoms with Gasteiger partial charge in [-0.05, 0) is 176 Å². The molecule has 0 atom stereocenters. The zero-order valence-electron chi connectivity index (χ0n) is 38.4. The minimum atomic E-state index is 0.565. The van der Waals surface area contributed by atoms with E-state index in [-0.39, 0.29) is 0 Å². The zero-order chi connectivity index (χ0) is 44.2. The van der Waals surface area contributed by atoms with Gasteiger partial charge in [-0.2, -0.15) is 0 Å². The molecule has 0 saturated carbocycles. The van der Waals surface area contributed by atoms with Gasteiger partial charge in [0.1, 0.15) is 0 Å². The molecule has 0 aliphatic rings. The number of aryl methyl sites for hydroxylation is 2. The van der Waals surface area contributed by atoms with E-state index < -0.39 is 0 Å². The van der Waals surface area contributed by atoms with Crippen LogP contribution in [0, 0.1) is 11.8 Å².